The third-order valence-electron chi connectivity index (χ3n) is 4.40. The van der Waals surface area contributed by atoms with E-state index in [1.165, 1.54) is 0 Å². The second-order valence-electron chi connectivity index (χ2n) is 6.17. The lowest BCUT2D eigenvalue weighted by Gasteiger charge is -2.22. The first-order valence-corrected chi connectivity index (χ1v) is 8.62. The lowest BCUT2D eigenvalue weighted by Crippen LogP contribution is -2.21. The van der Waals surface area contributed by atoms with E-state index in [2.05, 4.69) is 0 Å². The predicted octanol–water partition coefficient (Wildman–Crippen LogP) is 2.68. The van der Waals surface area contributed by atoms with Crippen molar-refractivity contribution in [1.82, 2.24) is 0 Å². The Balaban J connectivity index is 0.000000151. The summed E-state index contributed by atoms with van der Waals surface area (Å²) in [6, 6.07) is 11.4. The number of ether oxygens (including phenoxy) is 4. The predicted molar refractivity (Wildman–Crippen MR) is 95.9 cm³/mol. The van der Waals surface area contributed by atoms with E-state index < -0.39 is 12.6 Å². The fourth-order valence-corrected chi connectivity index (χ4v) is 2.93. The molecule has 0 saturated heterocycles. The van der Waals surface area contributed by atoms with Crippen LogP contribution >= 0.6 is 0 Å². The minimum atomic E-state index is -0.667. The van der Waals surface area contributed by atoms with Crippen molar-refractivity contribution in [3.05, 3.63) is 47.5 Å². The van der Waals surface area contributed by atoms with E-state index in [0.29, 0.717) is 12.8 Å². The Morgan fingerprint density at radius 2 is 1.19 bits per heavy atom. The molecule has 0 saturated carbocycles. The van der Waals surface area contributed by atoms with Crippen LogP contribution in [-0.4, -0.2) is 37.0 Å². The third-order valence-corrected chi connectivity index (χ3v) is 4.40. The molecule has 2 heterocycles. The Labute approximate surface area is 152 Å². The van der Waals surface area contributed by atoms with Gasteiger partial charge in [0.1, 0.15) is 23.0 Å². The van der Waals surface area contributed by atoms with Crippen molar-refractivity contribution in [2.75, 3.05) is 14.2 Å². The van der Waals surface area contributed by atoms with Crippen LogP contribution in [0.25, 0.3) is 0 Å². The van der Waals surface area contributed by atoms with Crippen LogP contribution in [0.1, 0.15) is 24.0 Å². The Morgan fingerprint density at radius 1 is 0.769 bits per heavy atom. The van der Waals surface area contributed by atoms with Gasteiger partial charge in [-0.3, -0.25) is 0 Å². The summed E-state index contributed by atoms with van der Waals surface area (Å²) in [6.07, 6.45) is 1.72. The summed E-state index contributed by atoms with van der Waals surface area (Å²) in [6.45, 7) is 0. The van der Waals surface area contributed by atoms with E-state index in [1.807, 2.05) is 24.3 Å². The Bertz CT molecular complexity index is 682. The van der Waals surface area contributed by atoms with Gasteiger partial charge in [0.2, 0.25) is 0 Å². The second-order valence-corrected chi connectivity index (χ2v) is 6.17. The molecular weight excluding hydrogens is 336 g/mol. The van der Waals surface area contributed by atoms with E-state index in [0.717, 1.165) is 47.0 Å². The number of hydrogen-bond acceptors (Lipinski definition) is 6. The van der Waals surface area contributed by atoms with Crippen molar-refractivity contribution < 1.29 is 29.2 Å². The fourth-order valence-electron chi connectivity index (χ4n) is 2.93. The molecule has 2 aliphatic rings. The minimum absolute atomic E-state index is 0.666. The number of aryl methyl sites for hydroxylation is 2. The van der Waals surface area contributed by atoms with Gasteiger partial charge < -0.3 is 29.2 Å². The Kier molecular flexibility index (Phi) is 5.85. The average Bonchev–Trinajstić information content (AvgIpc) is 2.67. The smallest absolute Gasteiger partial charge is 0.197 e. The Morgan fingerprint density at radius 3 is 1.58 bits per heavy atom. The van der Waals surface area contributed by atoms with E-state index in [1.54, 1.807) is 26.4 Å². The number of benzene rings is 2. The normalized spacial score (nSPS) is 20.3. The first-order chi connectivity index (χ1) is 12.6. The zero-order valence-electron chi connectivity index (χ0n) is 15.0. The van der Waals surface area contributed by atoms with Crippen LogP contribution in [0.4, 0.5) is 0 Å². The lowest BCUT2D eigenvalue weighted by atomic mass is 10.1. The number of hydrogen-bond donors (Lipinski definition) is 2. The van der Waals surface area contributed by atoms with Gasteiger partial charge in [-0.15, -0.1) is 0 Å². The van der Waals surface area contributed by atoms with Gasteiger partial charge in [-0.2, -0.15) is 0 Å². The van der Waals surface area contributed by atoms with Crippen molar-refractivity contribution in [3.8, 4) is 23.0 Å². The van der Waals surface area contributed by atoms with E-state index in [9.17, 15) is 10.2 Å². The molecule has 0 fully saturated rings. The van der Waals surface area contributed by atoms with E-state index in [-0.39, 0.29) is 0 Å². The van der Waals surface area contributed by atoms with Gasteiger partial charge in [-0.25, -0.2) is 0 Å². The number of aliphatic hydroxyl groups is 2. The zero-order valence-corrected chi connectivity index (χ0v) is 15.0. The molecule has 2 unspecified atom stereocenters. The highest BCUT2D eigenvalue weighted by atomic mass is 16.6. The SMILES string of the molecule is COc1ccc2c(c1)OC(O)CC2.COc1ccc2c(c1)OC(O)CC2. The average molecular weight is 360 g/mol. The highest BCUT2D eigenvalue weighted by Crippen LogP contribution is 2.31. The quantitative estimate of drug-likeness (QED) is 0.857. The highest BCUT2D eigenvalue weighted by Gasteiger charge is 2.18. The second kappa shape index (κ2) is 8.29. The molecule has 2 N–H and O–H groups in total. The molecule has 0 spiro atoms. The Hall–Kier alpha value is -2.44. The van der Waals surface area contributed by atoms with Crippen molar-refractivity contribution in [3.63, 3.8) is 0 Å². The molecule has 0 aliphatic carbocycles. The molecule has 2 aromatic carbocycles. The summed E-state index contributed by atoms with van der Waals surface area (Å²) in [5.41, 5.74) is 2.26. The summed E-state index contributed by atoms with van der Waals surface area (Å²) < 4.78 is 20.6. The number of fused-ring (bicyclic) bond motifs is 2. The van der Waals surface area contributed by atoms with Gasteiger partial charge in [0.05, 0.1) is 14.2 Å². The van der Waals surface area contributed by atoms with Crippen LogP contribution in [0.3, 0.4) is 0 Å². The van der Waals surface area contributed by atoms with Crippen molar-refractivity contribution in [2.24, 2.45) is 0 Å². The molecule has 140 valence electrons. The van der Waals surface area contributed by atoms with Crippen LogP contribution in [0.5, 0.6) is 23.0 Å². The molecule has 0 bridgehead atoms. The fraction of sp³-hybridized carbons (Fsp3) is 0.400. The molecule has 0 aromatic heterocycles. The number of rotatable bonds is 2. The molecule has 2 atom stereocenters. The maximum atomic E-state index is 9.26. The van der Waals surface area contributed by atoms with Gasteiger partial charge in [0.25, 0.3) is 0 Å². The molecule has 0 amide bonds. The van der Waals surface area contributed by atoms with Crippen LogP contribution in [0.2, 0.25) is 0 Å². The highest BCUT2D eigenvalue weighted by molar-refractivity contribution is 5.42. The van der Waals surface area contributed by atoms with Crippen molar-refractivity contribution in [1.29, 1.82) is 0 Å². The maximum absolute atomic E-state index is 9.26. The van der Waals surface area contributed by atoms with Crippen LogP contribution in [0.15, 0.2) is 36.4 Å². The molecule has 0 radical (unpaired) electrons. The molecule has 4 rings (SSSR count). The van der Waals surface area contributed by atoms with Crippen LogP contribution in [-0.2, 0) is 12.8 Å². The number of methoxy groups -OCH3 is 2. The van der Waals surface area contributed by atoms with Gasteiger partial charge in [-0.1, -0.05) is 12.1 Å². The van der Waals surface area contributed by atoms with Crippen molar-refractivity contribution >= 4 is 0 Å². The standard InChI is InChI=1S/2C10H12O3/c2*1-12-8-4-2-7-3-5-10(11)13-9(7)6-8/h2*2,4,6,10-11H,3,5H2,1H3. The maximum Gasteiger partial charge on any atom is 0.197 e. The minimum Gasteiger partial charge on any atom is -0.497 e. The largest absolute Gasteiger partial charge is 0.497 e. The van der Waals surface area contributed by atoms with Crippen LogP contribution < -0.4 is 18.9 Å². The van der Waals surface area contributed by atoms with Crippen LogP contribution in [0, 0.1) is 0 Å². The van der Waals surface area contributed by atoms with E-state index in [4.69, 9.17) is 18.9 Å². The topological polar surface area (TPSA) is 77.4 Å². The molecule has 6 heteroatoms. The van der Waals surface area contributed by atoms with Gasteiger partial charge in [0, 0.05) is 25.0 Å². The summed E-state index contributed by atoms with van der Waals surface area (Å²) in [5, 5.41) is 18.5. The monoisotopic (exact) mass is 360 g/mol. The van der Waals surface area contributed by atoms with Crippen molar-refractivity contribution in [2.45, 2.75) is 38.3 Å². The molecule has 2 aromatic rings. The first kappa shape index (κ1) is 18.4. The lowest BCUT2D eigenvalue weighted by molar-refractivity contribution is -0.0322. The molecule has 26 heavy (non-hydrogen) atoms. The molecular formula is C20H24O6. The van der Waals surface area contributed by atoms with E-state index >= 15 is 0 Å². The summed E-state index contributed by atoms with van der Waals surface area (Å²) >= 11 is 0. The van der Waals surface area contributed by atoms with Gasteiger partial charge >= 0.3 is 0 Å². The molecule has 6 nitrogen and oxygen atoms in total. The summed E-state index contributed by atoms with van der Waals surface area (Å²) in [5.74, 6) is 2.98. The number of aliphatic hydroxyl groups excluding tert-OH is 2. The first-order valence-electron chi connectivity index (χ1n) is 8.62. The summed E-state index contributed by atoms with van der Waals surface area (Å²) in [4.78, 5) is 0. The molecule has 2 aliphatic heterocycles. The van der Waals surface area contributed by atoms with Gasteiger partial charge in [-0.05, 0) is 36.1 Å². The third kappa shape index (κ3) is 4.39. The summed E-state index contributed by atoms with van der Waals surface area (Å²) in [7, 11) is 3.22. The van der Waals surface area contributed by atoms with Gasteiger partial charge in [0.15, 0.2) is 12.6 Å². The zero-order chi connectivity index (χ0) is 18.5.